The van der Waals surface area contributed by atoms with Gasteiger partial charge in [0.05, 0.1) is 21.7 Å². The molecule has 3 aromatic rings. The number of amides is 2. The molecule has 6 heteroatoms. The lowest BCUT2D eigenvalue weighted by atomic mass is 9.89. The number of pyridine rings is 1. The molecule has 0 bridgehead atoms. The van der Waals surface area contributed by atoms with Gasteiger partial charge in [-0.3, -0.25) is 25.4 Å². The summed E-state index contributed by atoms with van der Waals surface area (Å²) in [6, 6.07) is 14.3. The van der Waals surface area contributed by atoms with E-state index in [1.54, 1.807) is 24.3 Å². The van der Waals surface area contributed by atoms with Gasteiger partial charge in [-0.05, 0) is 49.4 Å². The number of rotatable bonds is 2. The Kier molecular flexibility index (Phi) is 4.77. The van der Waals surface area contributed by atoms with E-state index in [1.165, 1.54) is 0 Å². The van der Waals surface area contributed by atoms with E-state index < -0.39 is 5.91 Å². The molecule has 1 aliphatic carbocycles. The zero-order chi connectivity index (χ0) is 18.8. The first-order chi connectivity index (χ1) is 13.1. The number of carbonyl (C=O) groups excluding carboxylic acids is 2. The first-order valence-corrected chi connectivity index (χ1v) is 9.28. The summed E-state index contributed by atoms with van der Waals surface area (Å²) in [7, 11) is 0. The van der Waals surface area contributed by atoms with Gasteiger partial charge in [0.15, 0.2) is 0 Å². The molecule has 5 nitrogen and oxygen atoms in total. The van der Waals surface area contributed by atoms with Crippen molar-refractivity contribution in [2.24, 2.45) is 0 Å². The summed E-state index contributed by atoms with van der Waals surface area (Å²) in [5.41, 5.74) is 8.65. The Bertz CT molecular complexity index is 1050. The van der Waals surface area contributed by atoms with Crippen LogP contribution in [0.5, 0.6) is 0 Å². The molecule has 0 saturated carbocycles. The predicted octanol–water partition coefficient (Wildman–Crippen LogP) is 3.84. The zero-order valence-corrected chi connectivity index (χ0v) is 15.3. The average molecular weight is 380 g/mol. The highest BCUT2D eigenvalue weighted by Gasteiger charge is 2.23. The van der Waals surface area contributed by atoms with Gasteiger partial charge in [0.2, 0.25) is 0 Å². The van der Waals surface area contributed by atoms with Crippen LogP contribution in [0, 0.1) is 0 Å². The van der Waals surface area contributed by atoms with E-state index in [1.807, 2.05) is 24.3 Å². The topological polar surface area (TPSA) is 71.1 Å². The van der Waals surface area contributed by atoms with Gasteiger partial charge in [0.25, 0.3) is 11.8 Å². The highest BCUT2D eigenvalue weighted by molar-refractivity contribution is 6.33. The summed E-state index contributed by atoms with van der Waals surface area (Å²) in [6.07, 6.45) is 3.78. The number of carbonyl (C=O) groups is 2. The number of hydrogen-bond acceptors (Lipinski definition) is 3. The van der Waals surface area contributed by atoms with Gasteiger partial charge in [0, 0.05) is 11.1 Å². The molecular weight excluding hydrogens is 362 g/mol. The van der Waals surface area contributed by atoms with Gasteiger partial charge < -0.3 is 0 Å². The zero-order valence-electron chi connectivity index (χ0n) is 14.6. The molecule has 0 radical (unpaired) electrons. The fourth-order valence-corrected chi connectivity index (χ4v) is 3.74. The second-order valence-corrected chi connectivity index (χ2v) is 6.93. The Balaban J connectivity index is 1.65. The third-order valence-corrected chi connectivity index (χ3v) is 5.13. The number of halogens is 1. The molecule has 0 fully saturated rings. The van der Waals surface area contributed by atoms with Crippen molar-refractivity contribution >= 4 is 34.3 Å². The van der Waals surface area contributed by atoms with Crippen molar-refractivity contribution in [2.75, 3.05) is 0 Å². The SMILES string of the molecule is O=C(NNC(=O)c1c2c(nc3ccccc13)CCCC2)c1ccccc1Cl. The highest BCUT2D eigenvalue weighted by atomic mass is 35.5. The maximum atomic E-state index is 13.0. The Hall–Kier alpha value is -2.92. The third kappa shape index (κ3) is 3.38. The van der Waals surface area contributed by atoms with Crippen LogP contribution in [0.4, 0.5) is 0 Å². The minimum atomic E-state index is -0.457. The lowest BCUT2D eigenvalue weighted by Gasteiger charge is -2.20. The standard InChI is InChI=1S/C21H18ClN3O2/c22-16-10-4-1-7-13(16)20(26)24-25-21(27)19-14-8-2-5-11-17(14)23-18-12-6-3-9-15(18)19/h1-2,4-5,7-8,10-11H,3,6,9,12H2,(H,24,26)(H,25,27). The van der Waals surface area contributed by atoms with Crippen molar-refractivity contribution in [3.05, 3.63) is 75.9 Å². The van der Waals surface area contributed by atoms with Gasteiger partial charge >= 0.3 is 0 Å². The van der Waals surface area contributed by atoms with E-state index >= 15 is 0 Å². The lowest BCUT2D eigenvalue weighted by Crippen LogP contribution is -2.42. The number of para-hydroxylation sites is 1. The Labute approximate surface area is 161 Å². The molecule has 1 aliphatic rings. The number of benzene rings is 2. The van der Waals surface area contributed by atoms with Crippen molar-refractivity contribution in [1.82, 2.24) is 15.8 Å². The first-order valence-electron chi connectivity index (χ1n) is 8.91. The monoisotopic (exact) mass is 379 g/mol. The Morgan fingerprint density at radius 3 is 2.44 bits per heavy atom. The number of hydrogen-bond donors (Lipinski definition) is 2. The fourth-order valence-electron chi connectivity index (χ4n) is 3.52. The number of nitrogens with one attached hydrogen (secondary N) is 2. The summed E-state index contributed by atoms with van der Waals surface area (Å²) in [5, 5.41) is 1.12. The van der Waals surface area contributed by atoms with Crippen molar-refractivity contribution < 1.29 is 9.59 Å². The van der Waals surface area contributed by atoms with Crippen LogP contribution in [0.25, 0.3) is 10.9 Å². The number of fused-ring (bicyclic) bond motifs is 2. The summed E-state index contributed by atoms with van der Waals surface area (Å²) in [5.74, 6) is -0.798. The molecule has 2 aromatic carbocycles. The van der Waals surface area contributed by atoms with Crippen molar-refractivity contribution in [1.29, 1.82) is 0 Å². The van der Waals surface area contributed by atoms with E-state index in [-0.39, 0.29) is 5.91 Å². The van der Waals surface area contributed by atoms with Crippen LogP contribution in [0.1, 0.15) is 44.8 Å². The highest BCUT2D eigenvalue weighted by Crippen LogP contribution is 2.29. The molecule has 0 saturated heterocycles. The van der Waals surface area contributed by atoms with E-state index in [0.29, 0.717) is 16.1 Å². The van der Waals surface area contributed by atoms with Gasteiger partial charge in [-0.15, -0.1) is 0 Å². The maximum absolute atomic E-state index is 13.0. The van der Waals surface area contributed by atoms with Gasteiger partial charge in [-0.1, -0.05) is 41.9 Å². The largest absolute Gasteiger partial charge is 0.271 e. The van der Waals surface area contributed by atoms with Crippen LogP contribution < -0.4 is 10.9 Å². The minimum absolute atomic E-state index is 0.307. The molecule has 136 valence electrons. The molecule has 0 atom stereocenters. The van der Waals surface area contributed by atoms with Crippen LogP contribution in [-0.4, -0.2) is 16.8 Å². The van der Waals surface area contributed by atoms with Crippen LogP contribution in [0.15, 0.2) is 48.5 Å². The van der Waals surface area contributed by atoms with Crippen molar-refractivity contribution in [3.63, 3.8) is 0 Å². The first kappa shape index (κ1) is 17.5. The van der Waals surface area contributed by atoms with Gasteiger partial charge in [-0.25, -0.2) is 0 Å². The molecule has 4 rings (SSSR count). The van der Waals surface area contributed by atoms with E-state index in [0.717, 1.165) is 47.8 Å². The molecule has 2 amide bonds. The van der Waals surface area contributed by atoms with E-state index in [2.05, 4.69) is 10.9 Å². The second-order valence-electron chi connectivity index (χ2n) is 6.52. The number of nitrogens with zero attached hydrogens (tertiary/aromatic N) is 1. The second kappa shape index (κ2) is 7.37. The lowest BCUT2D eigenvalue weighted by molar-refractivity contribution is 0.0847. The molecule has 0 aliphatic heterocycles. The molecule has 1 heterocycles. The minimum Gasteiger partial charge on any atom is -0.267 e. The summed E-state index contributed by atoms with van der Waals surface area (Å²) < 4.78 is 0. The average Bonchev–Trinajstić information content (AvgIpc) is 2.70. The number of aromatic nitrogens is 1. The van der Waals surface area contributed by atoms with Gasteiger partial charge in [0.1, 0.15) is 0 Å². The molecule has 0 unspecified atom stereocenters. The summed E-state index contributed by atoms with van der Waals surface area (Å²) >= 11 is 6.04. The smallest absolute Gasteiger partial charge is 0.267 e. The normalized spacial score (nSPS) is 13.1. The molecular formula is C21H18ClN3O2. The Morgan fingerprint density at radius 2 is 1.59 bits per heavy atom. The van der Waals surface area contributed by atoms with Crippen LogP contribution in [0.3, 0.4) is 0 Å². The molecule has 27 heavy (non-hydrogen) atoms. The fraction of sp³-hybridized carbons (Fsp3) is 0.190. The van der Waals surface area contributed by atoms with Crippen LogP contribution in [-0.2, 0) is 12.8 Å². The predicted molar refractivity (Wildman–Crippen MR) is 105 cm³/mol. The summed E-state index contributed by atoms with van der Waals surface area (Å²) in [4.78, 5) is 30.0. The summed E-state index contributed by atoms with van der Waals surface area (Å²) in [6.45, 7) is 0. The molecule has 1 aromatic heterocycles. The van der Waals surface area contributed by atoms with Gasteiger partial charge in [-0.2, -0.15) is 0 Å². The number of hydrazine groups is 1. The van der Waals surface area contributed by atoms with E-state index in [4.69, 9.17) is 16.6 Å². The molecule has 0 spiro atoms. The molecule has 2 N–H and O–H groups in total. The number of aryl methyl sites for hydroxylation is 1. The maximum Gasteiger partial charge on any atom is 0.271 e. The Morgan fingerprint density at radius 1 is 0.889 bits per heavy atom. The quantitative estimate of drug-likeness (QED) is 0.664. The van der Waals surface area contributed by atoms with Crippen LogP contribution >= 0.6 is 11.6 Å². The van der Waals surface area contributed by atoms with Crippen molar-refractivity contribution in [2.45, 2.75) is 25.7 Å². The third-order valence-electron chi connectivity index (χ3n) is 4.80. The van der Waals surface area contributed by atoms with Crippen molar-refractivity contribution in [3.8, 4) is 0 Å². The van der Waals surface area contributed by atoms with Crippen LogP contribution in [0.2, 0.25) is 5.02 Å². The van der Waals surface area contributed by atoms with E-state index in [9.17, 15) is 9.59 Å².